The van der Waals surface area contributed by atoms with Crippen LogP contribution in [-0.2, 0) is 11.2 Å². The largest absolute Gasteiger partial charge is 0.493 e. The van der Waals surface area contributed by atoms with E-state index in [1.165, 1.54) is 16.7 Å². The minimum Gasteiger partial charge on any atom is -0.493 e. The molecule has 0 N–H and O–H groups in total. The van der Waals surface area contributed by atoms with Crippen LogP contribution in [0.4, 0.5) is 0 Å². The van der Waals surface area contributed by atoms with E-state index in [2.05, 4.69) is 29.2 Å². The van der Waals surface area contributed by atoms with Crippen LogP contribution in [0.15, 0.2) is 36.4 Å². The molecule has 184 valence electrons. The predicted molar refractivity (Wildman–Crippen MR) is 137 cm³/mol. The Labute approximate surface area is 209 Å². The lowest BCUT2D eigenvalue weighted by atomic mass is 9.82. The number of nitrogens with zero attached hydrogens (tertiary/aromatic N) is 2. The molecule has 1 atom stereocenters. The zero-order valence-corrected chi connectivity index (χ0v) is 21.8. The molecule has 1 saturated carbocycles. The average Bonchev–Trinajstić information content (AvgIpc) is 2.83. The molecule has 5 nitrogen and oxygen atoms in total. The van der Waals surface area contributed by atoms with Gasteiger partial charge in [-0.2, -0.15) is 0 Å². The van der Waals surface area contributed by atoms with Gasteiger partial charge in [0.15, 0.2) is 11.5 Å². The quantitative estimate of drug-likeness (QED) is 0.514. The third kappa shape index (κ3) is 5.21. The van der Waals surface area contributed by atoms with Crippen molar-refractivity contribution in [3.63, 3.8) is 0 Å². The van der Waals surface area contributed by atoms with Crippen molar-refractivity contribution in [2.24, 2.45) is 0 Å². The number of carbonyl (C=O) groups is 1. The first-order valence-electron chi connectivity index (χ1n) is 12.4. The van der Waals surface area contributed by atoms with Gasteiger partial charge < -0.3 is 14.4 Å². The maximum absolute atomic E-state index is 11.9. The lowest BCUT2D eigenvalue weighted by molar-refractivity contribution is -0.130. The van der Waals surface area contributed by atoms with Gasteiger partial charge in [-0.05, 0) is 86.9 Å². The van der Waals surface area contributed by atoms with E-state index in [0.717, 1.165) is 55.2 Å². The highest BCUT2D eigenvalue weighted by atomic mass is 35.5. The number of benzene rings is 2. The molecule has 1 aliphatic carbocycles. The fourth-order valence-corrected chi connectivity index (χ4v) is 5.72. The number of fused-ring (bicyclic) bond motifs is 1. The van der Waals surface area contributed by atoms with Crippen molar-refractivity contribution in [2.45, 2.75) is 77.1 Å². The van der Waals surface area contributed by atoms with Gasteiger partial charge >= 0.3 is 0 Å². The molecule has 6 heteroatoms. The molecule has 0 bridgehead atoms. The van der Waals surface area contributed by atoms with Crippen molar-refractivity contribution in [2.75, 3.05) is 20.7 Å². The fraction of sp³-hybridized carbons (Fsp3) is 0.536. The van der Waals surface area contributed by atoms with Gasteiger partial charge in [0, 0.05) is 37.6 Å². The summed E-state index contributed by atoms with van der Waals surface area (Å²) in [7, 11) is 3.64. The maximum atomic E-state index is 11.9. The van der Waals surface area contributed by atoms with Gasteiger partial charge in [-0.1, -0.05) is 23.7 Å². The van der Waals surface area contributed by atoms with Gasteiger partial charge in [0.1, 0.15) is 0 Å². The second-order valence-electron chi connectivity index (χ2n) is 9.90. The van der Waals surface area contributed by atoms with E-state index in [1.54, 1.807) is 14.0 Å². The summed E-state index contributed by atoms with van der Waals surface area (Å²) in [5.74, 6) is 1.74. The SMILES string of the molecule is COc1cc2c(cc1OC(C)C)C(c1ccc(Cl)cc1)N([C@H]1CC[C@H](N(C)C(C)=O)CC1)CC2. The van der Waals surface area contributed by atoms with Crippen LogP contribution in [-0.4, -0.2) is 54.6 Å². The molecule has 1 fully saturated rings. The molecule has 0 aromatic heterocycles. The van der Waals surface area contributed by atoms with E-state index in [4.69, 9.17) is 21.1 Å². The number of methoxy groups -OCH3 is 1. The Balaban J connectivity index is 1.69. The first-order valence-corrected chi connectivity index (χ1v) is 12.8. The average molecular weight is 485 g/mol. The van der Waals surface area contributed by atoms with Crippen LogP contribution in [0.5, 0.6) is 11.5 Å². The molecule has 2 aromatic carbocycles. The number of halogens is 1. The Kier molecular flexibility index (Phi) is 7.73. The van der Waals surface area contributed by atoms with Crippen molar-refractivity contribution in [1.82, 2.24) is 9.80 Å². The maximum Gasteiger partial charge on any atom is 0.219 e. The lowest BCUT2D eigenvalue weighted by Gasteiger charge is -2.46. The molecule has 0 radical (unpaired) electrons. The second-order valence-corrected chi connectivity index (χ2v) is 10.3. The summed E-state index contributed by atoms with van der Waals surface area (Å²) in [6.07, 6.45) is 5.31. The van der Waals surface area contributed by atoms with Crippen molar-refractivity contribution >= 4 is 17.5 Å². The van der Waals surface area contributed by atoms with E-state index < -0.39 is 0 Å². The summed E-state index contributed by atoms with van der Waals surface area (Å²) in [4.78, 5) is 16.5. The molecule has 1 amide bonds. The summed E-state index contributed by atoms with van der Waals surface area (Å²) in [6, 6.07) is 13.6. The van der Waals surface area contributed by atoms with Crippen molar-refractivity contribution in [3.8, 4) is 11.5 Å². The van der Waals surface area contributed by atoms with E-state index >= 15 is 0 Å². The number of hydrogen-bond acceptors (Lipinski definition) is 4. The minimum absolute atomic E-state index is 0.0640. The number of carbonyl (C=O) groups excluding carboxylic acids is 1. The van der Waals surface area contributed by atoms with Crippen LogP contribution in [0.1, 0.15) is 69.2 Å². The zero-order valence-electron chi connectivity index (χ0n) is 21.0. The number of amides is 1. The highest BCUT2D eigenvalue weighted by Gasteiger charge is 2.37. The smallest absolute Gasteiger partial charge is 0.219 e. The molecule has 2 aromatic rings. The van der Waals surface area contributed by atoms with Crippen LogP contribution < -0.4 is 9.47 Å². The fourth-order valence-electron chi connectivity index (χ4n) is 5.60. The van der Waals surface area contributed by atoms with Gasteiger partial charge in [-0.3, -0.25) is 9.69 Å². The zero-order chi connectivity index (χ0) is 24.4. The van der Waals surface area contributed by atoms with Gasteiger partial charge in [-0.25, -0.2) is 0 Å². The van der Waals surface area contributed by atoms with Crippen LogP contribution in [0, 0.1) is 0 Å². The predicted octanol–water partition coefficient (Wildman–Crippen LogP) is 5.87. The molecule has 1 aliphatic heterocycles. The van der Waals surface area contributed by atoms with E-state index in [1.807, 2.05) is 37.9 Å². The Morgan fingerprint density at radius 3 is 2.35 bits per heavy atom. The molecule has 1 unspecified atom stereocenters. The highest BCUT2D eigenvalue weighted by Crippen LogP contribution is 2.44. The van der Waals surface area contributed by atoms with Crippen LogP contribution in [0.2, 0.25) is 5.02 Å². The van der Waals surface area contributed by atoms with Crippen LogP contribution in [0.3, 0.4) is 0 Å². The monoisotopic (exact) mass is 484 g/mol. The number of rotatable bonds is 6. The van der Waals surface area contributed by atoms with Gasteiger partial charge in [0.2, 0.25) is 5.91 Å². The molecular formula is C28H37ClN2O3. The number of hydrogen-bond donors (Lipinski definition) is 0. The van der Waals surface area contributed by atoms with E-state index in [-0.39, 0.29) is 18.1 Å². The number of ether oxygens (including phenoxy) is 2. The molecule has 34 heavy (non-hydrogen) atoms. The first kappa shape index (κ1) is 24.9. The van der Waals surface area contributed by atoms with E-state index in [9.17, 15) is 4.79 Å². The van der Waals surface area contributed by atoms with Crippen molar-refractivity contribution < 1.29 is 14.3 Å². The van der Waals surface area contributed by atoms with Gasteiger partial charge in [-0.15, -0.1) is 0 Å². The topological polar surface area (TPSA) is 42.0 Å². The van der Waals surface area contributed by atoms with Crippen molar-refractivity contribution in [3.05, 3.63) is 58.1 Å². The highest BCUT2D eigenvalue weighted by molar-refractivity contribution is 6.30. The normalized spacial score (nSPS) is 22.9. The van der Waals surface area contributed by atoms with Crippen molar-refractivity contribution in [1.29, 1.82) is 0 Å². The van der Waals surface area contributed by atoms with Gasteiger partial charge in [0.25, 0.3) is 0 Å². The molecule has 0 saturated heterocycles. The summed E-state index contributed by atoms with van der Waals surface area (Å²) >= 11 is 6.25. The Hall–Kier alpha value is -2.24. The first-order chi connectivity index (χ1) is 16.3. The molecule has 4 rings (SSSR count). The molecular weight excluding hydrogens is 448 g/mol. The van der Waals surface area contributed by atoms with E-state index in [0.29, 0.717) is 12.1 Å². The van der Waals surface area contributed by atoms with Crippen LogP contribution in [0.25, 0.3) is 0 Å². The third-order valence-electron chi connectivity index (χ3n) is 7.42. The summed E-state index contributed by atoms with van der Waals surface area (Å²) in [6.45, 7) is 6.73. The molecule has 2 aliphatic rings. The minimum atomic E-state index is 0.0640. The van der Waals surface area contributed by atoms with Crippen LogP contribution >= 0.6 is 11.6 Å². The summed E-state index contributed by atoms with van der Waals surface area (Å²) in [5.41, 5.74) is 3.84. The Bertz CT molecular complexity index is 999. The lowest BCUT2D eigenvalue weighted by Crippen LogP contribution is -2.47. The standard InChI is InChI=1S/C28H37ClN2O3/c1-18(2)34-27-17-25-21(16-26(27)33-5)14-15-31(28(25)20-6-8-22(29)9-7-20)24-12-10-23(11-13-24)30(4)19(3)32/h6-9,16-18,23-24,28H,10-15H2,1-5H3/t23-,24-,28?. The Morgan fingerprint density at radius 1 is 1.09 bits per heavy atom. The molecule has 1 heterocycles. The van der Waals surface area contributed by atoms with Gasteiger partial charge in [0.05, 0.1) is 19.3 Å². The Morgan fingerprint density at radius 2 is 1.76 bits per heavy atom. The summed E-state index contributed by atoms with van der Waals surface area (Å²) in [5, 5.41) is 0.748. The molecule has 0 spiro atoms. The summed E-state index contributed by atoms with van der Waals surface area (Å²) < 4.78 is 11.8. The second kappa shape index (κ2) is 10.6. The third-order valence-corrected chi connectivity index (χ3v) is 7.67.